The molecule has 4 N–H and O–H groups in total. The minimum Gasteiger partial charge on any atom is -0.394 e. The minimum absolute atomic E-state index is 0.309. The van der Waals surface area contributed by atoms with E-state index in [0.717, 1.165) is 29.9 Å². The van der Waals surface area contributed by atoms with Gasteiger partial charge < -0.3 is 19.5 Å². The number of H-pyrrole nitrogens is 1. The lowest BCUT2D eigenvalue weighted by Crippen LogP contribution is -2.40. The van der Waals surface area contributed by atoms with Crippen molar-refractivity contribution in [2.24, 2.45) is 0 Å². The van der Waals surface area contributed by atoms with E-state index < -0.39 is 50.1 Å². The van der Waals surface area contributed by atoms with E-state index in [1.54, 1.807) is 0 Å². The van der Waals surface area contributed by atoms with Crippen LogP contribution in [0.3, 0.4) is 0 Å². The number of aromatic amines is 1. The molecule has 0 saturated carbocycles. The Hall–Kier alpha value is -1.33. The largest absolute Gasteiger partial charge is 0.403 e. The van der Waals surface area contributed by atoms with Gasteiger partial charge in [-0.1, -0.05) is 90.4 Å². The number of ether oxygens (including phenoxy) is 2. The number of rotatable bonds is 21. The first-order chi connectivity index (χ1) is 18.3. The van der Waals surface area contributed by atoms with Crippen LogP contribution in [0.4, 0.5) is 0 Å². The molecule has 12 heteroatoms. The van der Waals surface area contributed by atoms with Crippen molar-refractivity contribution >= 4 is 7.75 Å². The summed E-state index contributed by atoms with van der Waals surface area (Å²) in [6.07, 6.45) is 14.3. The van der Waals surface area contributed by atoms with Gasteiger partial charge in [0.2, 0.25) is 0 Å². The number of aromatic nitrogens is 2. The second kappa shape index (κ2) is 18.1. The predicted octanol–water partition coefficient (Wildman–Crippen LogP) is 4.00. The zero-order valence-corrected chi connectivity index (χ0v) is 23.9. The molecule has 1 saturated heterocycles. The lowest BCUT2D eigenvalue weighted by molar-refractivity contribution is -0.0625. The molecule has 2 rings (SSSR count). The van der Waals surface area contributed by atoms with Crippen molar-refractivity contribution in [3.8, 4) is 0 Å². The predicted molar refractivity (Wildman–Crippen MR) is 146 cm³/mol. The Morgan fingerprint density at radius 3 is 2.03 bits per heavy atom. The van der Waals surface area contributed by atoms with Crippen molar-refractivity contribution in [2.45, 2.75) is 121 Å². The number of aliphatic hydroxyl groups is 1. The number of aliphatic hydroxyl groups excluding tert-OH is 1. The lowest BCUT2D eigenvalue weighted by Gasteiger charge is -2.25. The zero-order valence-electron chi connectivity index (χ0n) is 23.0. The molecule has 0 bridgehead atoms. The molecule has 0 aliphatic carbocycles. The summed E-state index contributed by atoms with van der Waals surface area (Å²) >= 11 is 0. The maximum atomic E-state index is 12.7. The quantitative estimate of drug-likeness (QED) is 0.129. The van der Waals surface area contributed by atoms with Gasteiger partial charge in [-0.2, -0.15) is 0 Å². The van der Waals surface area contributed by atoms with Crippen molar-refractivity contribution in [1.82, 2.24) is 14.6 Å². The third kappa shape index (κ3) is 11.4. The summed E-state index contributed by atoms with van der Waals surface area (Å²) in [6, 6.07) is 1.15. The normalized spacial score (nSPS) is 23.1. The van der Waals surface area contributed by atoms with Crippen molar-refractivity contribution in [3.05, 3.63) is 33.1 Å². The van der Waals surface area contributed by atoms with Gasteiger partial charge in [-0.25, -0.2) is 14.4 Å². The van der Waals surface area contributed by atoms with Gasteiger partial charge in [-0.05, 0) is 6.42 Å². The van der Waals surface area contributed by atoms with E-state index in [-0.39, 0.29) is 0 Å². The van der Waals surface area contributed by atoms with Gasteiger partial charge in [-0.3, -0.25) is 18.9 Å². The molecule has 1 aromatic heterocycles. The summed E-state index contributed by atoms with van der Waals surface area (Å²) in [6.45, 7) is 2.04. The first-order valence-electron chi connectivity index (χ1n) is 14.2. The van der Waals surface area contributed by atoms with Crippen LogP contribution in [0.25, 0.3) is 0 Å². The highest BCUT2D eigenvalue weighted by atomic mass is 31.2. The first kappa shape index (κ1) is 32.9. The van der Waals surface area contributed by atoms with E-state index in [1.807, 2.05) is 0 Å². The Balaban J connectivity index is 1.65. The molecule has 0 spiro atoms. The van der Waals surface area contributed by atoms with Crippen LogP contribution < -0.4 is 16.3 Å². The highest BCUT2D eigenvalue weighted by molar-refractivity contribution is 7.50. The fourth-order valence-corrected chi connectivity index (χ4v) is 5.93. The molecule has 1 aliphatic heterocycles. The van der Waals surface area contributed by atoms with Crippen LogP contribution in [0.5, 0.6) is 0 Å². The zero-order chi connectivity index (χ0) is 27.8. The average molecular weight is 562 g/mol. The molecule has 0 amide bonds. The monoisotopic (exact) mass is 561 g/mol. The minimum atomic E-state index is -4.23. The molecule has 1 fully saturated rings. The van der Waals surface area contributed by atoms with Crippen LogP contribution in [-0.2, 0) is 18.6 Å². The third-order valence-electron chi connectivity index (χ3n) is 6.97. The molecule has 1 aliphatic rings. The van der Waals surface area contributed by atoms with Crippen LogP contribution in [0.15, 0.2) is 21.9 Å². The number of methoxy groups -OCH3 is 1. The summed E-state index contributed by atoms with van der Waals surface area (Å²) in [7, 11) is -2.89. The lowest BCUT2D eigenvalue weighted by atomic mass is 10.0. The summed E-state index contributed by atoms with van der Waals surface area (Å²) in [4.78, 5) is 36.1. The molecule has 11 nitrogen and oxygen atoms in total. The van der Waals surface area contributed by atoms with Crippen molar-refractivity contribution in [2.75, 3.05) is 20.3 Å². The molecule has 1 unspecified atom stereocenters. The molecule has 0 aromatic carbocycles. The first-order valence-corrected chi connectivity index (χ1v) is 15.8. The maximum absolute atomic E-state index is 12.7. The van der Waals surface area contributed by atoms with E-state index >= 15 is 0 Å². The highest BCUT2D eigenvalue weighted by Crippen LogP contribution is 2.44. The molecule has 5 atom stereocenters. The van der Waals surface area contributed by atoms with Crippen LogP contribution in [-0.4, -0.2) is 58.1 Å². The van der Waals surface area contributed by atoms with Crippen LogP contribution in [0.2, 0.25) is 0 Å². The highest BCUT2D eigenvalue weighted by Gasteiger charge is 2.49. The number of hydrogen-bond acceptors (Lipinski definition) is 7. The number of hydrogen-bond donors (Lipinski definition) is 4. The van der Waals surface area contributed by atoms with Gasteiger partial charge in [0.05, 0.1) is 6.61 Å². The molecule has 220 valence electrons. The fourth-order valence-electron chi connectivity index (χ4n) is 4.83. The van der Waals surface area contributed by atoms with Crippen molar-refractivity contribution in [3.63, 3.8) is 0 Å². The van der Waals surface area contributed by atoms with Gasteiger partial charge in [-0.15, -0.1) is 0 Å². The van der Waals surface area contributed by atoms with Crippen LogP contribution >= 0.6 is 7.75 Å². The Morgan fingerprint density at radius 1 is 0.974 bits per heavy atom. The van der Waals surface area contributed by atoms with Gasteiger partial charge >= 0.3 is 13.4 Å². The van der Waals surface area contributed by atoms with Crippen molar-refractivity contribution in [1.29, 1.82) is 0 Å². The van der Waals surface area contributed by atoms with Crippen LogP contribution in [0, 0.1) is 0 Å². The fraction of sp³-hybridized carbons (Fsp3) is 0.846. The second-order valence-electron chi connectivity index (χ2n) is 10.1. The molecule has 0 radical (unpaired) electrons. The number of unbranched alkanes of at least 4 members (excludes halogenated alkanes) is 13. The Labute approximate surface area is 225 Å². The van der Waals surface area contributed by atoms with Crippen molar-refractivity contribution < 1.29 is 28.6 Å². The molecule has 38 heavy (non-hydrogen) atoms. The standard InChI is InChI=1S/C26H48N3O8P/c1-3-4-5-6-7-8-9-10-11-12-13-14-15-16-18-27-38(33,34)37-23-21(20-30)36-25(24(23)35-2)29-19-17-22(31)28-26(29)32/h17,19,21,23-25,30H,3-16,18,20H2,1-2H3,(H2,27,33,34)(H,28,31,32)/t21-,23-,24-,25-/m1/s1. The summed E-state index contributed by atoms with van der Waals surface area (Å²) in [5.74, 6) is 0. The van der Waals surface area contributed by atoms with E-state index in [0.29, 0.717) is 6.54 Å². The molecular formula is C26H48N3O8P. The van der Waals surface area contributed by atoms with Crippen LogP contribution in [0.1, 0.15) is 103 Å². The third-order valence-corrected chi connectivity index (χ3v) is 8.12. The topological polar surface area (TPSA) is 152 Å². The van der Waals surface area contributed by atoms with E-state index in [9.17, 15) is 24.2 Å². The Morgan fingerprint density at radius 2 is 1.53 bits per heavy atom. The Kier molecular flexibility index (Phi) is 15.7. The van der Waals surface area contributed by atoms with E-state index in [4.69, 9.17) is 14.0 Å². The van der Waals surface area contributed by atoms with Gasteiger partial charge in [0.15, 0.2) is 6.23 Å². The van der Waals surface area contributed by atoms with Gasteiger partial charge in [0.1, 0.15) is 18.3 Å². The van der Waals surface area contributed by atoms with E-state index in [1.165, 1.54) is 83.9 Å². The Bertz CT molecular complexity index is 940. The molecule has 1 aromatic rings. The second-order valence-corrected chi connectivity index (χ2v) is 11.6. The smallest absolute Gasteiger partial charge is 0.394 e. The number of nitrogens with one attached hydrogen (secondary N) is 2. The molecular weight excluding hydrogens is 513 g/mol. The number of nitrogens with zero attached hydrogens (tertiary/aromatic N) is 1. The summed E-state index contributed by atoms with van der Waals surface area (Å²) < 4.78 is 30.3. The SMILES string of the molecule is CCCCCCCCCCCCCCCCNP(=O)(O)O[C@H]1[C@@H](OC)[C@H](n2ccc(=O)[nH]c2=O)O[C@@H]1CO. The van der Waals surface area contributed by atoms with Gasteiger partial charge in [0, 0.05) is 25.9 Å². The summed E-state index contributed by atoms with van der Waals surface area (Å²) in [5.41, 5.74) is -1.30. The molecule has 2 heterocycles. The average Bonchev–Trinajstić information content (AvgIpc) is 3.22. The summed E-state index contributed by atoms with van der Waals surface area (Å²) in [5, 5.41) is 12.3. The van der Waals surface area contributed by atoms with Gasteiger partial charge in [0.25, 0.3) is 5.56 Å². The van der Waals surface area contributed by atoms with E-state index in [2.05, 4.69) is 17.0 Å². The maximum Gasteiger partial charge on any atom is 0.403 e.